The molecule has 0 spiro atoms. The number of halogens is 2. The Bertz CT molecular complexity index is 1040. The standard InChI is InChI=1S/C22H25Cl2N5O/c1-2-29-21-16(13-27-29)20(28-14-7-4-3-5-8-14)17(12-25-21)22(30)26-11-15-18(23)9-6-10-19(15)24/h6,9-10,12-14H,2-5,7-8,11H2,1H3,(H,25,28)(H,26,30). The van der Waals surface area contributed by atoms with Crippen LogP contribution in [0, 0.1) is 0 Å². The molecule has 6 nitrogen and oxygen atoms in total. The van der Waals surface area contributed by atoms with Crippen LogP contribution in [0.3, 0.4) is 0 Å². The number of fused-ring (bicyclic) bond motifs is 1. The van der Waals surface area contributed by atoms with E-state index in [1.165, 1.54) is 19.3 Å². The van der Waals surface area contributed by atoms with Crippen molar-refractivity contribution in [3.63, 3.8) is 0 Å². The van der Waals surface area contributed by atoms with Crippen LogP contribution < -0.4 is 10.6 Å². The van der Waals surface area contributed by atoms with Gasteiger partial charge in [0.25, 0.3) is 5.91 Å². The normalized spacial score (nSPS) is 14.8. The van der Waals surface area contributed by atoms with Crippen LogP contribution in [0.4, 0.5) is 5.69 Å². The molecule has 0 radical (unpaired) electrons. The Morgan fingerprint density at radius 3 is 2.60 bits per heavy atom. The summed E-state index contributed by atoms with van der Waals surface area (Å²) in [5, 5.41) is 12.9. The summed E-state index contributed by atoms with van der Waals surface area (Å²) in [6.45, 7) is 2.98. The van der Waals surface area contributed by atoms with Crippen molar-refractivity contribution in [2.45, 2.75) is 58.2 Å². The first-order valence-electron chi connectivity index (χ1n) is 10.4. The number of carbonyl (C=O) groups is 1. The smallest absolute Gasteiger partial charge is 0.255 e. The molecule has 1 aliphatic rings. The maximum absolute atomic E-state index is 13.1. The minimum absolute atomic E-state index is 0.219. The first-order chi connectivity index (χ1) is 14.6. The van der Waals surface area contributed by atoms with Crippen molar-refractivity contribution in [3.05, 3.63) is 51.8 Å². The van der Waals surface area contributed by atoms with Gasteiger partial charge in [-0.1, -0.05) is 48.5 Å². The summed E-state index contributed by atoms with van der Waals surface area (Å²) >= 11 is 12.5. The Kier molecular flexibility index (Phi) is 6.44. The van der Waals surface area contributed by atoms with Crippen LogP contribution in [0.5, 0.6) is 0 Å². The molecule has 1 aliphatic carbocycles. The van der Waals surface area contributed by atoms with Crippen LogP contribution in [-0.4, -0.2) is 26.7 Å². The fourth-order valence-corrected chi connectivity index (χ4v) is 4.53. The lowest BCUT2D eigenvalue weighted by Crippen LogP contribution is -2.27. The zero-order valence-electron chi connectivity index (χ0n) is 16.9. The molecule has 1 aromatic carbocycles. The maximum Gasteiger partial charge on any atom is 0.255 e. The topological polar surface area (TPSA) is 71.8 Å². The Balaban J connectivity index is 1.64. The van der Waals surface area contributed by atoms with Gasteiger partial charge in [-0.25, -0.2) is 9.67 Å². The second-order valence-electron chi connectivity index (χ2n) is 7.61. The van der Waals surface area contributed by atoms with Crippen LogP contribution in [0.2, 0.25) is 10.0 Å². The molecule has 2 N–H and O–H groups in total. The third-order valence-corrected chi connectivity index (χ3v) is 6.36. The van der Waals surface area contributed by atoms with Crippen LogP contribution in [0.1, 0.15) is 54.9 Å². The van der Waals surface area contributed by atoms with Gasteiger partial charge in [-0.05, 0) is 31.9 Å². The monoisotopic (exact) mass is 445 g/mol. The lowest BCUT2D eigenvalue weighted by molar-refractivity contribution is 0.0951. The summed E-state index contributed by atoms with van der Waals surface area (Å²) in [5.74, 6) is -0.219. The van der Waals surface area contributed by atoms with E-state index in [0.29, 0.717) is 27.2 Å². The van der Waals surface area contributed by atoms with E-state index in [1.54, 1.807) is 30.6 Å². The number of hydrogen-bond acceptors (Lipinski definition) is 4. The lowest BCUT2D eigenvalue weighted by Gasteiger charge is -2.25. The van der Waals surface area contributed by atoms with E-state index >= 15 is 0 Å². The number of pyridine rings is 1. The Morgan fingerprint density at radius 2 is 1.90 bits per heavy atom. The Labute approximate surface area is 186 Å². The molecule has 4 rings (SSSR count). The first kappa shape index (κ1) is 20.9. The predicted octanol–water partition coefficient (Wildman–Crippen LogP) is 5.43. The SMILES string of the molecule is CCn1ncc2c(NC3CCCCC3)c(C(=O)NCc3c(Cl)cccc3Cl)cnc21. The van der Waals surface area contributed by atoms with E-state index < -0.39 is 0 Å². The summed E-state index contributed by atoms with van der Waals surface area (Å²) in [4.78, 5) is 17.6. The Hall–Kier alpha value is -2.31. The van der Waals surface area contributed by atoms with E-state index in [0.717, 1.165) is 36.1 Å². The van der Waals surface area contributed by atoms with Gasteiger partial charge in [-0.3, -0.25) is 4.79 Å². The van der Waals surface area contributed by atoms with E-state index in [-0.39, 0.29) is 12.5 Å². The van der Waals surface area contributed by atoms with E-state index in [4.69, 9.17) is 23.2 Å². The molecular formula is C22H25Cl2N5O. The number of nitrogens with zero attached hydrogens (tertiary/aromatic N) is 3. The van der Waals surface area contributed by atoms with E-state index in [9.17, 15) is 4.79 Å². The molecule has 0 unspecified atom stereocenters. The average Bonchev–Trinajstić information content (AvgIpc) is 3.18. The molecule has 30 heavy (non-hydrogen) atoms. The highest BCUT2D eigenvalue weighted by Crippen LogP contribution is 2.30. The number of aryl methyl sites for hydroxylation is 1. The van der Waals surface area contributed by atoms with E-state index in [1.807, 2.05) is 11.6 Å². The van der Waals surface area contributed by atoms with Crippen molar-refractivity contribution >= 4 is 45.8 Å². The van der Waals surface area contributed by atoms with Crippen LogP contribution >= 0.6 is 23.2 Å². The summed E-state index contributed by atoms with van der Waals surface area (Å²) in [5.41, 5.74) is 2.78. The highest BCUT2D eigenvalue weighted by molar-refractivity contribution is 6.36. The van der Waals surface area contributed by atoms with Gasteiger partial charge in [0.1, 0.15) is 0 Å². The molecule has 1 fully saturated rings. The molecule has 0 bridgehead atoms. The minimum atomic E-state index is -0.219. The van der Waals surface area contributed by atoms with Gasteiger partial charge in [-0.15, -0.1) is 0 Å². The number of hydrogen-bond donors (Lipinski definition) is 2. The molecule has 0 atom stereocenters. The number of aromatic nitrogens is 3. The average molecular weight is 446 g/mol. The molecule has 8 heteroatoms. The third-order valence-electron chi connectivity index (χ3n) is 5.65. The van der Waals surface area contributed by atoms with Crippen molar-refractivity contribution in [1.29, 1.82) is 0 Å². The van der Waals surface area contributed by atoms with Gasteiger partial charge in [0.05, 0.1) is 22.8 Å². The summed E-state index contributed by atoms with van der Waals surface area (Å²) in [7, 11) is 0. The van der Waals surface area contributed by atoms with Crippen molar-refractivity contribution in [3.8, 4) is 0 Å². The molecule has 0 saturated heterocycles. The van der Waals surface area contributed by atoms with Crippen LogP contribution in [-0.2, 0) is 13.1 Å². The quantitative estimate of drug-likeness (QED) is 0.530. The second kappa shape index (κ2) is 9.23. The predicted molar refractivity (Wildman–Crippen MR) is 121 cm³/mol. The van der Waals surface area contributed by atoms with Gasteiger partial charge < -0.3 is 10.6 Å². The first-order valence-corrected chi connectivity index (χ1v) is 11.2. The summed E-state index contributed by atoms with van der Waals surface area (Å²) in [6.07, 6.45) is 9.29. The van der Waals surface area contributed by atoms with Crippen molar-refractivity contribution in [1.82, 2.24) is 20.1 Å². The largest absolute Gasteiger partial charge is 0.381 e. The zero-order chi connectivity index (χ0) is 21.1. The van der Waals surface area contributed by atoms with E-state index in [2.05, 4.69) is 20.7 Å². The lowest BCUT2D eigenvalue weighted by atomic mass is 9.95. The summed E-state index contributed by atoms with van der Waals surface area (Å²) < 4.78 is 1.84. The molecule has 158 valence electrons. The highest BCUT2D eigenvalue weighted by Gasteiger charge is 2.22. The number of benzene rings is 1. The molecule has 2 aromatic heterocycles. The third kappa shape index (κ3) is 4.25. The molecule has 0 aliphatic heterocycles. The number of anilines is 1. The zero-order valence-corrected chi connectivity index (χ0v) is 18.4. The van der Waals surface area contributed by atoms with Crippen molar-refractivity contribution in [2.75, 3.05) is 5.32 Å². The van der Waals surface area contributed by atoms with Gasteiger partial charge >= 0.3 is 0 Å². The van der Waals surface area contributed by atoms with Gasteiger partial charge in [0.15, 0.2) is 5.65 Å². The number of amides is 1. The fourth-order valence-electron chi connectivity index (χ4n) is 4.00. The highest BCUT2D eigenvalue weighted by atomic mass is 35.5. The molecule has 2 heterocycles. The van der Waals surface area contributed by atoms with Gasteiger partial charge in [-0.2, -0.15) is 5.10 Å². The number of rotatable bonds is 6. The van der Waals surface area contributed by atoms with Crippen LogP contribution in [0.15, 0.2) is 30.6 Å². The molecule has 1 amide bonds. The maximum atomic E-state index is 13.1. The second-order valence-corrected chi connectivity index (χ2v) is 8.42. The Morgan fingerprint density at radius 1 is 1.17 bits per heavy atom. The summed E-state index contributed by atoms with van der Waals surface area (Å²) in [6, 6.07) is 5.65. The number of nitrogens with one attached hydrogen (secondary N) is 2. The van der Waals surface area contributed by atoms with Crippen molar-refractivity contribution in [2.24, 2.45) is 0 Å². The minimum Gasteiger partial charge on any atom is -0.381 e. The van der Waals surface area contributed by atoms with Gasteiger partial charge in [0, 0.05) is 40.9 Å². The number of carbonyl (C=O) groups excluding carboxylic acids is 1. The molecular weight excluding hydrogens is 421 g/mol. The molecule has 1 saturated carbocycles. The van der Waals surface area contributed by atoms with Gasteiger partial charge in [0.2, 0.25) is 0 Å². The molecule has 3 aromatic rings. The van der Waals surface area contributed by atoms with Crippen molar-refractivity contribution < 1.29 is 4.79 Å². The fraction of sp³-hybridized carbons (Fsp3) is 0.409. The van der Waals surface area contributed by atoms with Crippen LogP contribution in [0.25, 0.3) is 11.0 Å².